The molecule has 2 unspecified atom stereocenters. The third-order valence-electron chi connectivity index (χ3n) is 4.28. The van der Waals surface area contributed by atoms with E-state index in [4.69, 9.17) is 4.52 Å². The predicted molar refractivity (Wildman–Crippen MR) is 76.3 cm³/mol. The molecule has 3 rings (SSSR count). The van der Waals surface area contributed by atoms with Gasteiger partial charge in [-0.2, -0.15) is 18.2 Å². The van der Waals surface area contributed by atoms with Crippen LogP contribution in [0.15, 0.2) is 20.3 Å². The second kappa shape index (κ2) is 5.91. The zero-order valence-corrected chi connectivity index (χ0v) is 12.8. The van der Waals surface area contributed by atoms with Crippen LogP contribution in [-0.4, -0.2) is 25.9 Å². The molecular weight excluding hydrogens is 329 g/mol. The number of nitrogens with zero attached hydrogens (tertiary/aromatic N) is 3. The van der Waals surface area contributed by atoms with Crippen molar-refractivity contribution in [3.05, 3.63) is 32.9 Å². The van der Waals surface area contributed by atoms with Crippen molar-refractivity contribution in [3.63, 3.8) is 0 Å². The maximum absolute atomic E-state index is 12.9. The second-order valence-corrected chi connectivity index (χ2v) is 5.97. The van der Waals surface area contributed by atoms with Crippen molar-refractivity contribution in [3.8, 4) is 11.4 Å². The molecule has 0 radical (unpaired) electrons. The summed E-state index contributed by atoms with van der Waals surface area (Å²) in [6.07, 6.45) is -2.04. The van der Waals surface area contributed by atoms with E-state index in [1.54, 1.807) is 0 Å². The first kappa shape index (κ1) is 16.5. The molecule has 0 bridgehead atoms. The zero-order valence-electron chi connectivity index (χ0n) is 12.8. The summed E-state index contributed by atoms with van der Waals surface area (Å²) in [5, 5.41) is 3.68. The number of rotatable bonds is 2. The smallest absolute Gasteiger partial charge is 0.339 e. The van der Waals surface area contributed by atoms with Crippen LogP contribution in [0.25, 0.3) is 11.4 Å². The fraction of sp³-hybridized carbons (Fsp3) is 0.571. The molecule has 10 heteroatoms. The first-order valence-corrected chi connectivity index (χ1v) is 7.46. The normalized spacial score (nSPS) is 21.8. The molecule has 1 aliphatic carbocycles. The Balaban J connectivity index is 1.87. The number of hydrogen-bond donors (Lipinski definition) is 1. The van der Waals surface area contributed by atoms with E-state index in [1.807, 2.05) is 0 Å². The Morgan fingerprint density at radius 3 is 2.79 bits per heavy atom. The largest absolute Gasteiger partial charge is 0.391 e. The Labute approximate surface area is 133 Å². The summed E-state index contributed by atoms with van der Waals surface area (Å²) in [7, 11) is 1.44. The van der Waals surface area contributed by atoms with Crippen LogP contribution in [-0.2, 0) is 7.05 Å². The van der Waals surface area contributed by atoms with Gasteiger partial charge in [0, 0.05) is 19.2 Å². The third kappa shape index (κ3) is 3.13. The highest BCUT2D eigenvalue weighted by atomic mass is 19.4. The number of aryl methyl sites for hydroxylation is 1. The average Bonchev–Trinajstić information content (AvgIpc) is 3.00. The van der Waals surface area contributed by atoms with Gasteiger partial charge in [-0.05, 0) is 19.3 Å². The predicted octanol–water partition coefficient (Wildman–Crippen LogP) is 1.96. The number of alkyl halides is 3. The number of hydrogen-bond acceptors (Lipinski definition) is 5. The molecule has 2 aromatic rings. The molecule has 1 N–H and O–H groups in total. The van der Waals surface area contributed by atoms with Gasteiger partial charge in [-0.3, -0.25) is 9.78 Å². The Morgan fingerprint density at radius 2 is 2.08 bits per heavy atom. The summed E-state index contributed by atoms with van der Waals surface area (Å²) in [5.41, 5.74) is -1.25. The molecule has 0 saturated heterocycles. The number of halogens is 3. The van der Waals surface area contributed by atoms with Gasteiger partial charge >= 0.3 is 11.9 Å². The molecule has 2 aromatic heterocycles. The number of aromatic amines is 1. The molecule has 0 amide bonds. The minimum absolute atomic E-state index is 0.0234. The highest BCUT2D eigenvalue weighted by molar-refractivity contribution is 5.50. The molecule has 7 nitrogen and oxygen atoms in total. The standard InChI is InChI=1S/C14H15F3N4O3/c1-21-6-9(11(22)19-13(21)23)10-18-12(24-20-10)7-3-2-4-8(5-7)14(15,16)17/h6-8H,2-5H2,1H3,(H,19,22,23). The van der Waals surface area contributed by atoms with Gasteiger partial charge in [-0.1, -0.05) is 11.6 Å². The molecule has 0 aromatic carbocycles. The van der Waals surface area contributed by atoms with Gasteiger partial charge in [0.05, 0.1) is 5.92 Å². The Kier molecular flexibility index (Phi) is 4.06. The van der Waals surface area contributed by atoms with Gasteiger partial charge in [0.25, 0.3) is 5.56 Å². The van der Waals surface area contributed by atoms with Crippen LogP contribution in [0.1, 0.15) is 37.5 Å². The Hall–Kier alpha value is -2.39. The van der Waals surface area contributed by atoms with Gasteiger partial charge < -0.3 is 9.09 Å². The van der Waals surface area contributed by atoms with Crippen molar-refractivity contribution in [2.75, 3.05) is 0 Å². The van der Waals surface area contributed by atoms with Gasteiger partial charge in [0.2, 0.25) is 11.7 Å². The van der Waals surface area contributed by atoms with Crippen molar-refractivity contribution in [1.29, 1.82) is 0 Å². The molecule has 1 saturated carbocycles. The van der Waals surface area contributed by atoms with Crippen LogP contribution in [0.3, 0.4) is 0 Å². The number of aromatic nitrogens is 4. The lowest BCUT2D eigenvalue weighted by Gasteiger charge is -2.28. The molecule has 24 heavy (non-hydrogen) atoms. The molecule has 2 atom stereocenters. The van der Waals surface area contributed by atoms with Gasteiger partial charge in [0.15, 0.2) is 0 Å². The molecule has 0 aliphatic heterocycles. The minimum Gasteiger partial charge on any atom is -0.339 e. The van der Waals surface area contributed by atoms with E-state index in [2.05, 4.69) is 15.1 Å². The topological polar surface area (TPSA) is 93.8 Å². The first-order valence-electron chi connectivity index (χ1n) is 7.46. The zero-order chi connectivity index (χ0) is 17.5. The van der Waals surface area contributed by atoms with Crippen molar-refractivity contribution in [2.45, 2.75) is 37.8 Å². The van der Waals surface area contributed by atoms with Gasteiger partial charge in [-0.25, -0.2) is 4.79 Å². The highest BCUT2D eigenvalue weighted by Crippen LogP contribution is 2.43. The Morgan fingerprint density at radius 1 is 1.33 bits per heavy atom. The second-order valence-electron chi connectivity index (χ2n) is 5.97. The van der Waals surface area contributed by atoms with Gasteiger partial charge in [0.1, 0.15) is 5.56 Å². The molecule has 2 heterocycles. The van der Waals surface area contributed by atoms with Crippen molar-refractivity contribution < 1.29 is 17.7 Å². The number of nitrogens with one attached hydrogen (secondary N) is 1. The maximum atomic E-state index is 12.9. The van der Waals surface area contributed by atoms with Crippen molar-refractivity contribution in [2.24, 2.45) is 13.0 Å². The SMILES string of the molecule is Cn1cc(-c2noc(C3CCCC(C(F)(F)F)C3)n2)c(=O)[nH]c1=O. The molecule has 130 valence electrons. The van der Waals surface area contributed by atoms with E-state index in [0.717, 1.165) is 4.57 Å². The van der Waals surface area contributed by atoms with Crippen molar-refractivity contribution in [1.82, 2.24) is 19.7 Å². The summed E-state index contributed by atoms with van der Waals surface area (Å²) >= 11 is 0. The molecule has 1 aliphatic rings. The Bertz CT molecular complexity index is 852. The van der Waals surface area contributed by atoms with E-state index in [-0.39, 0.29) is 30.1 Å². The lowest BCUT2D eigenvalue weighted by molar-refractivity contribution is -0.183. The summed E-state index contributed by atoms with van der Waals surface area (Å²) in [6.45, 7) is 0. The summed E-state index contributed by atoms with van der Waals surface area (Å²) in [6, 6.07) is 0. The minimum atomic E-state index is -4.24. The summed E-state index contributed by atoms with van der Waals surface area (Å²) < 4.78 is 44.9. The van der Waals surface area contributed by atoms with Crippen LogP contribution in [0.2, 0.25) is 0 Å². The molecular formula is C14H15F3N4O3. The first-order chi connectivity index (χ1) is 11.3. The van der Waals surface area contributed by atoms with Gasteiger partial charge in [-0.15, -0.1) is 0 Å². The van der Waals surface area contributed by atoms with Crippen LogP contribution in [0.5, 0.6) is 0 Å². The van der Waals surface area contributed by atoms with E-state index < -0.39 is 29.3 Å². The highest BCUT2D eigenvalue weighted by Gasteiger charge is 2.43. The van der Waals surface area contributed by atoms with E-state index >= 15 is 0 Å². The number of H-pyrrole nitrogens is 1. The van der Waals surface area contributed by atoms with Crippen LogP contribution >= 0.6 is 0 Å². The van der Waals surface area contributed by atoms with Crippen LogP contribution in [0.4, 0.5) is 13.2 Å². The van der Waals surface area contributed by atoms with Crippen LogP contribution < -0.4 is 11.2 Å². The van der Waals surface area contributed by atoms with E-state index in [9.17, 15) is 22.8 Å². The fourth-order valence-corrected chi connectivity index (χ4v) is 2.94. The molecule has 0 spiro atoms. The van der Waals surface area contributed by atoms with Crippen molar-refractivity contribution >= 4 is 0 Å². The van der Waals surface area contributed by atoms with E-state index in [1.165, 1.54) is 13.2 Å². The monoisotopic (exact) mass is 344 g/mol. The average molecular weight is 344 g/mol. The lowest BCUT2D eigenvalue weighted by atomic mass is 9.81. The quantitative estimate of drug-likeness (QED) is 0.899. The van der Waals surface area contributed by atoms with E-state index in [0.29, 0.717) is 12.8 Å². The summed E-state index contributed by atoms with van der Waals surface area (Å²) in [4.78, 5) is 29.3. The molecule has 1 fully saturated rings. The van der Waals surface area contributed by atoms with Crippen LogP contribution in [0, 0.1) is 5.92 Å². The summed E-state index contributed by atoms with van der Waals surface area (Å²) in [5.74, 6) is -1.83. The third-order valence-corrected chi connectivity index (χ3v) is 4.28. The fourth-order valence-electron chi connectivity index (χ4n) is 2.94. The maximum Gasteiger partial charge on any atom is 0.391 e. The lowest BCUT2D eigenvalue weighted by Crippen LogP contribution is -2.29.